The lowest BCUT2D eigenvalue weighted by molar-refractivity contribution is -0.491. The normalized spacial score (nSPS) is 12.0. The van der Waals surface area contributed by atoms with Gasteiger partial charge in [-0.15, -0.1) is 0 Å². The number of hydrogen-bond acceptors (Lipinski definition) is 2. The fourth-order valence-corrected chi connectivity index (χ4v) is 2.69. The Bertz CT molecular complexity index is 718. The molecule has 2 aromatic rings. The lowest BCUT2D eigenvalue weighted by atomic mass is 10.00. The van der Waals surface area contributed by atoms with Crippen molar-refractivity contribution in [1.82, 2.24) is 4.98 Å². The molecular weight excluding hydrogens is 315 g/mol. The Morgan fingerprint density at radius 3 is 2.65 bits per heavy atom. The SMILES string of the molecule is C=[N+](C)CC(CC)c1ccc(OC)c(-c2ccc(F)c(Cl)c2)n1. The minimum Gasteiger partial charge on any atom is -0.494 e. The van der Waals surface area contributed by atoms with Gasteiger partial charge in [0.1, 0.15) is 37.6 Å². The van der Waals surface area contributed by atoms with E-state index in [1.165, 1.54) is 6.07 Å². The van der Waals surface area contributed by atoms with Crippen LogP contribution < -0.4 is 4.74 Å². The van der Waals surface area contributed by atoms with E-state index in [-0.39, 0.29) is 10.9 Å². The number of benzene rings is 1. The lowest BCUT2D eigenvalue weighted by Gasteiger charge is -2.15. The van der Waals surface area contributed by atoms with Gasteiger partial charge in [0.05, 0.1) is 23.7 Å². The number of nitrogens with zero attached hydrogens (tertiary/aromatic N) is 2. The van der Waals surface area contributed by atoms with Gasteiger partial charge in [-0.25, -0.2) is 13.9 Å². The van der Waals surface area contributed by atoms with Crippen molar-refractivity contribution in [3.05, 3.63) is 46.9 Å². The first-order valence-electron chi connectivity index (χ1n) is 7.48. The minimum absolute atomic E-state index is 0.0706. The lowest BCUT2D eigenvalue weighted by Crippen LogP contribution is -2.15. The van der Waals surface area contributed by atoms with Gasteiger partial charge in [0.2, 0.25) is 0 Å². The van der Waals surface area contributed by atoms with Crippen LogP contribution in [0.4, 0.5) is 4.39 Å². The van der Waals surface area contributed by atoms with Gasteiger partial charge in [0.15, 0.2) is 0 Å². The summed E-state index contributed by atoms with van der Waals surface area (Å²) in [5.74, 6) is 0.447. The number of hydrogen-bond donors (Lipinski definition) is 0. The summed E-state index contributed by atoms with van der Waals surface area (Å²) in [4.78, 5) is 4.75. The third-order valence-electron chi connectivity index (χ3n) is 3.74. The molecule has 3 nitrogen and oxygen atoms in total. The highest BCUT2D eigenvalue weighted by atomic mass is 35.5. The highest BCUT2D eigenvalue weighted by Gasteiger charge is 2.18. The highest BCUT2D eigenvalue weighted by molar-refractivity contribution is 6.31. The zero-order valence-corrected chi connectivity index (χ0v) is 14.4. The Morgan fingerprint density at radius 2 is 2.09 bits per heavy atom. The summed E-state index contributed by atoms with van der Waals surface area (Å²) in [6, 6.07) is 8.42. The van der Waals surface area contributed by atoms with E-state index in [1.54, 1.807) is 19.2 Å². The van der Waals surface area contributed by atoms with Crippen LogP contribution >= 0.6 is 11.6 Å². The molecule has 1 aromatic heterocycles. The van der Waals surface area contributed by atoms with Gasteiger partial charge < -0.3 is 4.74 Å². The highest BCUT2D eigenvalue weighted by Crippen LogP contribution is 2.32. The Hall–Kier alpha value is -1.94. The Balaban J connectivity index is 2.50. The molecule has 1 heterocycles. The summed E-state index contributed by atoms with van der Waals surface area (Å²) >= 11 is 5.90. The molecular formula is C18H21ClFN2O+. The summed E-state index contributed by atoms with van der Waals surface area (Å²) < 4.78 is 20.7. The number of halogens is 2. The average molecular weight is 336 g/mol. The van der Waals surface area contributed by atoms with E-state index >= 15 is 0 Å². The molecule has 0 aliphatic heterocycles. The van der Waals surface area contributed by atoms with E-state index in [9.17, 15) is 4.39 Å². The standard InChI is InChI=1S/C18H21ClFN2O/c1-5-12(11-22(2)3)16-8-9-17(23-4)18(21-16)13-6-7-15(20)14(19)10-13/h6-10,12H,2,5,11H2,1,3-4H3/q+1. The number of rotatable bonds is 6. The van der Waals surface area contributed by atoms with Gasteiger partial charge in [-0.3, -0.25) is 0 Å². The van der Waals surface area contributed by atoms with Crippen LogP contribution in [0.15, 0.2) is 30.3 Å². The summed E-state index contributed by atoms with van der Waals surface area (Å²) in [5, 5.41) is 0.0706. The minimum atomic E-state index is -0.448. The second-order valence-corrected chi connectivity index (χ2v) is 5.97. The summed E-state index contributed by atoms with van der Waals surface area (Å²) in [6.07, 6.45) is 0.947. The zero-order valence-electron chi connectivity index (χ0n) is 13.6. The monoisotopic (exact) mass is 335 g/mol. The van der Waals surface area contributed by atoms with Crippen molar-refractivity contribution in [3.8, 4) is 17.0 Å². The molecule has 0 bridgehead atoms. The van der Waals surface area contributed by atoms with Crippen molar-refractivity contribution in [1.29, 1.82) is 0 Å². The van der Waals surface area contributed by atoms with Crippen molar-refractivity contribution in [3.63, 3.8) is 0 Å². The van der Waals surface area contributed by atoms with Crippen LogP contribution in [-0.4, -0.2) is 37.0 Å². The molecule has 122 valence electrons. The van der Waals surface area contributed by atoms with Crippen molar-refractivity contribution < 1.29 is 13.7 Å². The van der Waals surface area contributed by atoms with Gasteiger partial charge in [0.25, 0.3) is 0 Å². The summed E-state index contributed by atoms with van der Waals surface area (Å²) in [6.45, 7) is 6.83. The van der Waals surface area contributed by atoms with Gasteiger partial charge in [0, 0.05) is 5.56 Å². The van der Waals surface area contributed by atoms with Crippen LogP contribution in [-0.2, 0) is 0 Å². The fourth-order valence-electron chi connectivity index (χ4n) is 2.51. The van der Waals surface area contributed by atoms with E-state index in [2.05, 4.69) is 13.6 Å². The van der Waals surface area contributed by atoms with Crippen molar-refractivity contribution in [2.24, 2.45) is 0 Å². The van der Waals surface area contributed by atoms with Crippen molar-refractivity contribution >= 4 is 18.3 Å². The quantitative estimate of drug-likeness (QED) is 0.578. The molecule has 0 aliphatic carbocycles. The van der Waals surface area contributed by atoms with E-state index in [4.69, 9.17) is 21.3 Å². The molecule has 0 fully saturated rings. The molecule has 1 aromatic carbocycles. The first-order chi connectivity index (χ1) is 11.0. The molecule has 0 amide bonds. The second-order valence-electron chi connectivity index (χ2n) is 5.56. The maximum atomic E-state index is 13.4. The number of ether oxygens (including phenoxy) is 1. The molecule has 0 saturated heterocycles. The van der Waals surface area contributed by atoms with Crippen LogP contribution in [0.2, 0.25) is 5.02 Å². The van der Waals surface area contributed by atoms with E-state index in [0.29, 0.717) is 11.4 Å². The van der Waals surface area contributed by atoms with E-state index < -0.39 is 5.82 Å². The fraction of sp³-hybridized carbons (Fsp3) is 0.333. The van der Waals surface area contributed by atoms with Gasteiger partial charge in [-0.05, 0) is 36.8 Å². The molecule has 0 aliphatic rings. The topological polar surface area (TPSA) is 25.1 Å². The average Bonchev–Trinajstić information content (AvgIpc) is 2.54. The molecule has 2 rings (SSSR count). The molecule has 0 spiro atoms. The first-order valence-corrected chi connectivity index (χ1v) is 7.86. The predicted octanol–water partition coefficient (Wildman–Crippen LogP) is 4.39. The smallest absolute Gasteiger partial charge is 0.150 e. The Labute approximate surface area is 141 Å². The number of likely N-dealkylation sites (N-methyl/N-ethyl adjacent to an activating group) is 1. The molecule has 0 radical (unpaired) electrons. The van der Waals surface area contributed by atoms with E-state index in [1.807, 2.05) is 23.8 Å². The van der Waals surface area contributed by atoms with Crippen LogP contribution in [0.1, 0.15) is 25.0 Å². The Kier molecular flexibility index (Phi) is 5.72. The third kappa shape index (κ3) is 4.08. The van der Waals surface area contributed by atoms with E-state index in [0.717, 1.165) is 24.2 Å². The largest absolute Gasteiger partial charge is 0.494 e. The molecule has 5 heteroatoms. The predicted molar refractivity (Wildman–Crippen MR) is 92.4 cm³/mol. The Morgan fingerprint density at radius 1 is 1.35 bits per heavy atom. The second kappa shape index (κ2) is 7.55. The maximum absolute atomic E-state index is 13.4. The molecule has 1 unspecified atom stereocenters. The van der Waals surface area contributed by atoms with Crippen LogP contribution in [0.5, 0.6) is 5.75 Å². The van der Waals surface area contributed by atoms with Crippen LogP contribution in [0.3, 0.4) is 0 Å². The van der Waals surface area contributed by atoms with Crippen molar-refractivity contribution in [2.45, 2.75) is 19.3 Å². The summed E-state index contributed by atoms with van der Waals surface area (Å²) in [5.41, 5.74) is 2.35. The number of methoxy groups -OCH3 is 1. The number of aromatic nitrogens is 1. The van der Waals surface area contributed by atoms with Gasteiger partial charge in [-0.2, -0.15) is 0 Å². The zero-order chi connectivity index (χ0) is 17.0. The maximum Gasteiger partial charge on any atom is 0.150 e. The first kappa shape index (κ1) is 17.4. The summed E-state index contributed by atoms with van der Waals surface area (Å²) in [7, 11) is 3.53. The van der Waals surface area contributed by atoms with Crippen LogP contribution in [0.25, 0.3) is 11.3 Å². The molecule has 1 atom stereocenters. The van der Waals surface area contributed by atoms with Crippen molar-refractivity contribution in [2.75, 3.05) is 20.7 Å². The van der Waals surface area contributed by atoms with Gasteiger partial charge >= 0.3 is 0 Å². The van der Waals surface area contributed by atoms with Gasteiger partial charge in [-0.1, -0.05) is 18.5 Å². The van der Waals surface area contributed by atoms with Crippen LogP contribution in [0, 0.1) is 5.82 Å². The third-order valence-corrected chi connectivity index (χ3v) is 4.03. The molecule has 0 saturated carbocycles. The number of pyridine rings is 1. The molecule has 23 heavy (non-hydrogen) atoms. The molecule has 0 N–H and O–H groups in total.